The molecule has 0 aliphatic carbocycles. The molecule has 1 saturated heterocycles. The van der Waals surface area contributed by atoms with Gasteiger partial charge in [0.1, 0.15) is 0 Å². The maximum atomic E-state index is 12.2. The smallest absolute Gasteiger partial charge is 0.321 e. The molecule has 2 aromatic rings. The van der Waals surface area contributed by atoms with Gasteiger partial charge < -0.3 is 10.2 Å². The second-order valence-corrected chi connectivity index (χ2v) is 5.77. The van der Waals surface area contributed by atoms with Crippen LogP contribution in [0.2, 0.25) is 0 Å². The summed E-state index contributed by atoms with van der Waals surface area (Å²) in [6.07, 6.45) is 7.67. The van der Waals surface area contributed by atoms with Gasteiger partial charge in [0.05, 0.1) is 0 Å². The number of carbonyl (C=O) groups is 1. The van der Waals surface area contributed by atoms with E-state index in [0.717, 1.165) is 38.4 Å². The van der Waals surface area contributed by atoms with Gasteiger partial charge in [0.25, 0.3) is 0 Å². The number of urea groups is 1. The maximum absolute atomic E-state index is 12.2. The average molecular weight is 322 g/mol. The van der Waals surface area contributed by atoms with Crippen molar-refractivity contribution in [2.75, 3.05) is 38.0 Å². The third-order valence-electron chi connectivity index (χ3n) is 4.06. The van der Waals surface area contributed by atoms with Gasteiger partial charge in [-0.1, -0.05) is 42.5 Å². The Kier molecular flexibility index (Phi) is 5.58. The lowest BCUT2D eigenvalue weighted by Crippen LogP contribution is -2.49. The van der Waals surface area contributed by atoms with E-state index in [1.165, 1.54) is 5.56 Å². The standard InChI is InChI=1S/C19H22N4O/c24-19(21-18-8-10-20-11-9-18)23-15-13-22(14-16-23)12-4-7-17-5-2-1-3-6-17/h1-11H,12-16H2,(H,20,21,24)/b7-4+. The average Bonchev–Trinajstić information content (AvgIpc) is 2.64. The Morgan fingerprint density at radius 2 is 1.75 bits per heavy atom. The fraction of sp³-hybridized carbons (Fsp3) is 0.263. The molecule has 5 heteroatoms. The third-order valence-corrected chi connectivity index (χ3v) is 4.06. The minimum atomic E-state index is -0.0410. The zero-order valence-electron chi connectivity index (χ0n) is 13.6. The number of aromatic nitrogens is 1. The van der Waals surface area contributed by atoms with Gasteiger partial charge in [-0.3, -0.25) is 9.88 Å². The number of anilines is 1. The fourth-order valence-electron chi connectivity index (χ4n) is 2.67. The highest BCUT2D eigenvalue weighted by Crippen LogP contribution is 2.08. The van der Waals surface area contributed by atoms with Crippen molar-refractivity contribution in [3.05, 3.63) is 66.5 Å². The number of rotatable bonds is 4. The molecule has 0 saturated carbocycles. The van der Waals surface area contributed by atoms with Gasteiger partial charge in [0.15, 0.2) is 0 Å². The zero-order chi connectivity index (χ0) is 16.6. The molecule has 0 spiro atoms. The maximum Gasteiger partial charge on any atom is 0.321 e. The van der Waals surface area contributed by atoms with Crippen molar-refractivity contribution >= 4 is 17.8 Å². The number of piperazine rings is 1. The summed E-state index contributed by atoms with van der Waals surface area (Å²) in [6.45, 7) is 4.19. The number of nitrogens with zero attached hydrogens (tertiary/aromatic N) is 3. The Morgan fingerprint density at radius 1 is 1.04 bits per heavy atom. The molecule has 5 nitrogen and oxygen atoms in total. The van der Waals surface area contributed by atoms with Crippen molar-refractivity contribution in [3.8, 4) is 0 Å². The minimum absolute atomic E-state index is 0.0410. The Balaban J connectivity index is 1.42. The lowest BCUT2D eigenvalue weighted by molar-refractivity contribution is 0.156. The van der Waals surface area contributed by atoms with Crippen molar-refractivity contribution in [2.45, 2.75) is 0 Å². The molecule has 0 radical (unpaired) electrons. The highest BCUT2D eigenvalue weighted by atomic mass is 16.2. The summed E-state index contributed by atoms with van der Waals surface area (Å²) in [5.74, 6) is 0. The largest absolute Gasteiger partial charge is 0.322 e. The first-order valence-corrected chi connectivity index (χ1v) is 8.21. The number of benzene rings is 1. The Labute approximate surface area is 142 Å². The van der Waals surface area contributed by atoms with Gasteiger partial charge in [-0.2, -0.15) is 0 Å². The van der Waals surface area contributed by atoms with Crippen LogP contribution in [0, 0.1) is 0 Å². The Bertz CT molecular complexity index is 664. The minimum Gasteiger partial charge on any atom is -0.322 e. The first kappa shape index (κ1) is 16.2. The Hall–Kier alpha value is -2.66. The molecule has 1 aromatic heterocycles. The Morgan fingerprint density at radius 3 is 2.46 bits per heavy atom. The first-order valence-electron chi connectivity index (χ1n) is 8.21. The summed E-state index contributed by atoms with van der Waals surface area (Å²) >= 11 is 0. The van der Waals surface area contributed by atoms with Crippen LogP contribution in [0.3, 0.4) is 0 Å². The van der Waals surface area contributed by atoms with Crippen LogP contribution in [0.15, 0.2) is 60.9 Å². The predicted octanol–water partition coefficient (Wildman–Crippen LogP) is 2.94. The molecule has 1 aromatic carbocycles. The summed E-state index contributed by atoms with van der Waals surface area (Å²) < 4.78 is 0. The van der Waals surface area contributed by atoms with Crippen LogP contribution >= 0.6 is 0 Å². The van der Waals surface area contributed by atoms with E-state index in [1.54, 1.807) is 24.5 Å². The van der Waals surface area contributed by atoms with Gasteiger partial charge in [-0.25, -0.2) is 4.79 Å². The number of pyridine rings is 1. The fourth-order valence-corrected chi connectivity index (χ4v) is 2.67. The third kappa shape index (κ3) is 4.67. The molecule has 124 valence electrons. The number of hydrogen-bond acceptors (Lipinski definition) is 3. The van der Waals surface area contributed by atoms with E-state index < -0.39 is 0 Å². The van der Waals surface area contributed by atoms with Gasteiger partial charge >= 0.3 is 6.03 Å². The molecule has 3 rings (SSSR count). The highest BCUT2D eigenvalue weighted by molar-refractivity contribution is 5.89. The first-order chi connectivity index (χ1) is 11.8. The molecule has 24 heavy (non-hydrogen) atoms. The highest BCUT2D eigenvalue weighted by Gasteiger charge is 2.20. The molecule has 2 heterocycles. The molecule has 2 amide bonds. The number of hydrogen-bond donors (Lipinski definition) is 1. The molecule has 0 unspecified atom stereocenters. The van der Waals surface area contributed by atoms with Crippen LogP contribution in [0.1, 0.15) is 5.56 Å². The topological polar surface area (TPSA) is 48.5 Å². The van der Waals surface area contributed by atoms with Crippen LogP contribution in [-0.2, 0) is 0 Å². The summed E-state index contributed by atoms with van der Waals surface area (Å²) in [6, 6.07) is 13.8. The van der Waals surface area contributed by atoms with Gasteiger partial charge in [0, 0.05) is 50.8 Å². The van der Waals surface area contributed by atoms with E-state index in [1.807, 2.05) is 23.1 Å². The molecular weight excluding hydrogens is 300 g/mol. The molecular formula is C19H22N4O. The summed E-state index contributed by atoms with van der Waals surface area (Å²) in [4.78, 5) is 20.4. The molecule has 1 aliphatic rings. The van der Waals surface area contributed by atoms with Crippen molar-refractivity contribution in [1.29, 1.82) is 0 Å². The van der Waals surface area contributed by atoms with E-state index in [-0.39, 0.29) is 6.03 Å². The second kappa shape index (κ2) is 8.26. The molecule has 0 bridgehead atoms. The molecule has 1 aliphatic heterocycles. The van der Waals surface area contributed by atoms with Gasteiger partial charge in [0.2, 0.25) is 0 Å². The zero-order valence-corrected chi connectivity index (χ0v) is 13.6. The van der Waals surface area contributed by atoms with Crippen LogP contribution < -0.4 is 5.32 Å². The number of nitrogens with one attached hydrogen (secondary N) is 1. The van der Waals surface area contributed by atoms with Gasteiger partial charge in [-0.15, -0.1) is 0 Å². The SMILES string of the molecule is O=C(Nc1ccncc1)N1CCN(C/C=C/c2ccccc2)CC1. The van der Waals surface area contributed by atoms with Crippen LogP contribution in [0.4, 0.5) is 10.5 Å². The van der Waals surface area contributed by atoms with E-state index in [9.17, 15) is 4.79 Å². The van der Waals surface area contributed by atoms with E-state index in [2.05, 4.69) is 39.5 Å². The van der Waals surface area contributed by atoms with Crippen LogP contribution in [0.5, 0.6) is 0 Å². The lowest BCUT2D eigenvalue weighted by Gasteiger charge is -2.34. The quantitative estimate of drug-likeness (QED) is 0.941. The molecule has 1 N–H and O–H groups in total. The van der Waals surface area contributed by atoms with Crippen molar-refractivity contribution in [2.24, 2.45) is 0 Å². The summed E-state index contributed by atoms with van der Waals surface area (Å²) in [5.41, 5.74) is 2.00. The van der Waals surface area contributed by atoms with Crippen molar-refractivity contribution in [1.82, 2.24) is 14.8 Å². The number of amides is 2. The predicted molar refractivity (Wildman–Crippen MR) is 96.7 cm³/mol. The van der Waals surface area contributed by atoms with Crippen molar-refractivity contribution < 1.29 is 4.79 Å². The summed E-state index contributed by atoms with van der Waals surface area (Å²) in [5, 5.41) is 2.91. The number of carbonyl (C=O) groups excluding carboxylic acids is 1. The van der Waals surface area contributed by atoms with Gasteiger partial charge in [-0.05, 0) is 17.7 Å². The lowest BCUT2D eigenvalue weighted by atomic mass is 10.2. The van der Waals surface area contributed by atoms with Crippen LogP contribution in [-0.4, -0.2) is 53.5 Å². The van der Waals surface area contributed by atoms with Crippen LogP contribution in [0.25, 0.3) is 6.08 Å². The van der Waals surface area contributed by atoms with E-state index in [0.29, 0.717) is 0 Å². The second-order valence-electron chi connectivity index (χ2n) is 5.77. The summed E-state index contributed by atoms with van der Waals surface area (Å²) in [7, 11) is 0. The molecule has 1 fully saturated rings. The normalized spacial score (nSPS) is 15.6. The van der Waals surface area contributed by atoms with E-state index in [4.69, 9.17) is 0 Å². The molecule has 0 atom stereocenters. The monoisotopic (exact) mass is 322 g/mol. The van der Waals surface area contributed by atoms with E-state index >= 15 is 0 Å². The van der Waals surface area contributed by atoms with Crippen molar-refractivity contribution in [3.63, 3.8) is 0 Å².